The van der Waals surface area contributed by atoms with Crippen LogP contribution in [0.25, 0.3) is 21.0 Å². The van der Waals surface area contributed by atoms with Crippen LogP contribution in [0.4, 0.5) is 17.5 Å². The van der Waals surface area contributed by atoms with E-state index in [0.717, 1.165) is 65.8 Å². The number of anilines is 3. The van der Waals surface area contributed by atoms with Gasteiger partial charge in [-0.2, -0.15) is 4.98 Å². The SMILES string of the molecule is CC[C@@H]1CNc2c(sc3ccc4nc(Nc5nc(Cl)cc(OCCN6CCN(C)CC6)n5)ccc4c23)C(=O)N1. The normalized spacial score (nSPS) is 18.4. The molecule has 2 aliphatic heterocycles. The van der Waals surface area contributed by atoms with E-state index in [0.29, 0.717) is 40.8 Å². The van der Waals surface area contributed by atoms with Gasteiger partial charge in [0.25, 0.3) is 5.91 Å². The summed E-state index contributed by atoms with van der Waals surface area (Å²) in [5.41, 5.74) is 1.69. The summed E-state index contributed by atoms with van der Waals surface area (Å²) in [7, 11) is 2.14. The highest BCUT2D eigenvalue weighted by molar-refractivity contribution is 7.21. The average molecular weight is 567 g/mol. The molecule has 0 bridgehead atoms. The van der Waals surface area contributed by atoms with Crippen LogP contribution in [0.2, 0.25) is 5.15 Å². The smallest absolute Gasteiger partial charge is 0.263 e. The van der Waals surface area contributed by atoms with E-state index in [2.05, 4.69) is 49.7 Å². The largest absolute Gasteiger partial charge is 0.476 e. The van der Waals surface area contributed by atoms with Crippen molar-refractivity contribution < 1.29 is 9.53 Å². The highest BCUT2D eigenvalue weighted by Gasteiger charge is 2.25. The Bertz CT molecular complexity index is 1520. The van der Waals surface area contributed by atoms with Gasteiger partial charge in [-0.25, -0.2) is 9.97 Å². The molecule has 1 fully saturated rings. The van der Waals surface area contributed by atoms with E-state index in [1.54, 1.807) is 6.07 Å². The maximum atomic E-state index is 12.8. The maximum absolute atomic E-state index is 12.8. The lowest BCUT2D eigenvalue weighted by Crippen LogP contribution is -2.45. The van der Waals surface area contributed by atoms with Gasteiger partial charge in [0.15, 0.2) is 0 Å². The molecule has 0 saturated carbocycles. The third kappa shape index (κ3) is 5.58. The summed E-state index contributed by atoms with van der Waals surface area (Å²) in [6.45, 7) is 8.33. The number of nitrogens with one attached hydrogen (secondary N) is 3. The lowest BCUT2D eigenvalue weighted by Gasteiger charge is -2.32. The van der Waals surface area contributed by atoms with Crippen LogP contribution in [0.15, 0.2) is 30.3 Å². The van der Waals surface area contributed by atoms with Crippen molar-refractivity contribution in [3.05, 3.63) is 40.4 Å². The highest BCUT2D eigenvalue weighted by Crippen LogP contribution is 2.41. The van der Waals surface area contributed by atoms with Crippen LogP contribution in [-0.4, -0.2) is 89.6 Å². The average Bonchev–Trinajstić information content (AvgIpc) is 3.23. The summed E-state index contributed by atoms with van der Waals surface area (Å²) in [5.74, 6) is 1.30. The number of ether oxygens (including phenoxy) is 1. The number of aromatic nitrogens is 3. The van der Waals surface area contributed by atoms with Gasteiger partial charge in [-0.1, -0.05) is 18.5 Å². The van der Waals surface area contributed by atoms with Crippen molar-refractivity contribution in [1.82, 2.24) is 30.1 Å². The molecule has 0 radical (unpaired) electrons. The van der Waals surface area contributed by atoms with Crippen molar-refractivity contribution >= 4 is 67.3 Å². The fraction of sp³-hybridized carbons (Fsp3) is 0.407. The first kappa shape index (κ1) is 26.0. The zero-order valence-corrected chi connectivity index (χ0v) is 23.5. The van der Waals surface area contributed by atoms with E-state index in [-0.39, 0.29) is 11.9 Å². The number of pyridine rings is 1. The summed E-state index contributed by atoms with van der Waals surface area (Å²) < 4.78 is 6.95. The topological polar surface area (TPSA) is 108 Å². The lowest BCUT2D eigenvalue weighted by molar-refractivity contribution is 0.0945. The van der Waals surface area contributed by atoms with Crippen molar-refractivity contribution in [3.8, 4) is 5.88 Å². The van der Waals surface area contributed by atoms with Gasteiger partial charge in [0.2, 0.25) is 11.8 Å². The number of carbonyl (C=O) groups is 1. The number of hydrogen-bond donors (Lipinski definition) is 3. The molecule has 0 aliphatic carbocycles. The Morgan fingerprint density at radius 1 is 1.15 bits per heavy atom. The molecule has 5 heterocycles. The summed E-state index contributed by atoms with van der Waals surface area (Å²) in [4.78, 5) is 31.9. The maximum Gasteiger partial charge on any atom is 0.263 e. The second-order valence-electron chi connectivity index (χ2n) is 9.94. The van der Waals surface area contributed by atoms with Crippen LogP contribution in [0.3, 0.4) is 0 Å². The molecule has 1 saturated heterocycles. The van der Waals surface area contributed by atoms with Gasteiger partial charge >= 0.3 is 0 Å². The Labute approximate surface area is 235 Å². The molecule has 3 aromatic heterocycles. The molecular weight excluding hydrogens is 536 g/mol. The number of thiophene rings is 1. The molecular formula is C27H31ClN8O2S. The number of hydrogen-bond acceptors (Lipinski definition) is 10. The van der Waals surface area contributed by atoms with Gasteiger partial charge in [0.1, 0.15) is 22.5 Å². The van der Waals surface area contributed by atoms with Crippen LogP contribution in [0.5, 0.6) is 5.88 Å². The molecule has 6 rings (SSSR count). The van der Waals surface area contributed by atoms with Crippen molar-refractivity contribution in [3.63, 3.8) is 0 Å². The van der Waals surface area contributed by atoms with Gasteiger partial charge in [-0.3, -0.25) is 9.69 Å². The minimum absolute atomic E-state index is 0.0258. The van der Waals surface area contributed by atoms with Crippen molar-refractivity contribution in [2.24, 2.45) is 0 Å². The molecule has 10 nitrogen and oxygen atoms in total. The van der Waals surface area contributed by atoms with E-state index >= 15 is 0 Å². The minimum atomic E-state index is -0.0258. The lowest BCUT2D eigenvalue weighted by atomic mass is 10.1. The molecule has 4 aromatic rings. The quantitative estimate of drug-likeness (QED) is 0.284. The standard InChI is InChI=1S/C27H31ClN8O2S/c1-3-16-15-29-24-23-17-4-7-21(31-18(17)5-6-19(23)39-25(24)26(37)30-16)33-27-32-20(28)14-22(34-27)38-13-12-36-10-8-35(2)9-11-36/h4-7,14,16,29H,3,8-13,15H2,1-2H3,(H,30,37)(H,31,32,33,34)/t16-/m1/s1. The number of benzene rings is 1. The Hall–Kier alpha value is -3.25. The molecule has 2 aliphatic rings. The Kier molecular flexibility index (Phi) is 7.39. The number of nitrogens with zero attached hydrogens (tertiary/aromatic N) is 5. The zero-order chi connectivity index (χ0) is 26.9. The van der Waals surface area contributed by atoms with Crippen molar-refractivity contribution in [2.75, 3.05) is 63.6 Å². The van der Waals surface area contributed by atoms with Crippen LogP contribution in [0, 0.1) is 0 Å². The number of piperazine rings is 1. The fourth-order valence-corrected chi connectivity index (χ4v) is 6.24. The van der Waals surface area contributed by atoms with E-state index in [1.807, 2.05) is 24.3 Å². The Morgan fingerprint density at radius 2 is 2.00 bits per heavy atom. The second kappa shape index (κ2) is 11.1. The summed E-state index contributed by atoms with van der Waals surface area (Å²) in [6, 6.07) is 9.61. The molecule has 39 heavy (non-hydrogen) atoms. The van der Waals surface area contributed by atoms with Crippen LogP contribution in [-0.2, 0) is 0 Å². The zero-order valence-electron chi connectivity index (χ0n) is 22.0. The first-order valence-corrected chi connectivity index (χ1v) is 14.4. The number of rotatable bonds is 7. The van der Waals surface area contributed by atoms with Crippen molar-refractivity contribution in [2.45, 2.75) is 19.4 Å². The van der Waals surface area contributed by atoms with Crippen molar-refractivity contribution in [1.29, 1.82) is 0 Å². The first-order chi connectivity index (χ1) is 19.0. The van der Waals surface area contributed by atoms with Gasteiger partial charge in [0.05, 0.1) is 11.2 Å². The predicted octanol–water partition coefficient (Wildman–Crippen LogP) is 4.20. The third-order valence-electron chi connectivity index (χ3n) is 7.25. The predicted molar refractivity (Wildman–Crippen MR) is 157 cm³/mol. The van der Waals surface area contributed by atoms with Crippen LogP contribution in [0.1, 0.15) is 23.0 Å². The number of carbonyl (C=O) groups excluding carboxylic acids is 1. The number of fused-ring (bicyclic) bond motifs is 5. The van der Waals surface area contributed by atoms with Gasteiger partial charge < -0.3 is 25.6 Å². The molecule has 1 aromatic carbocycles. The van der Waals surface area contributed by atoms with Gasteiger partial charge in [-0.15, -0.1) is 11.3 Å². The summed E-state index contributed by atoms with van der Waals surface area (Å²) in [5, 5.41) is 12.1. The minimum Gasteiger partial charge on any atom is -0.476 e. The van der Waals surface area contributed by atoms with Crippen LogP contribution >= 0.6 is 22.9 Å². The molecule has 1 amide bonds. The molecule has 204 valence electrons. The van der Waals surface area contributed by atoms with E-state index in [4.69, 9.17) is 21.3 Å². The van der Waals surface area contributed by atoms with E-state index in [1.165, 1.54) is 11.3 Å². The molecule has 0 unspecified atom stereocenters. The van der Waals surface area contributed by atoms with Gasteiger partial charge in [-0.05, 0) is 37.7 Å². The first-order valence-electron chi connectivity index (χ1n) is 13.2. The number of likely N-dealkylation sites (N-methyl/N-ethyl adjacent to an activating group) is 1. The summed E-state index contributed by atoms with van der Waals surface area (Å²) >= 11 is 7.78. The van der Waals surface area contributed by atoms with E-state index < -0.39 is 0 Å². The monoisotopic (exact) mass is 566 g/mol. The number of amides is 1. The fourth-order valence-electron chi connectivity index (χ4n) is 4.97. The molecule has 3 N–H and O–H groups in total. The molecule has 0 spiro atoms. The second-order valence-corrected chi connectivity index (χ2v) is 11.4. The molecule has 12 heteroatoms. The number of halogens is 1. The third-order valence-corrected chi connectivity index (χ3v) is 8.59. The summed E-state index contributed by atoms with van der Waals surface area (Å²) in [6.07, 6.45) is 0.873. The Balaban J connectivity index is 1.20. The Morgan fingerprint density at radius 3 is 2.82 bits per heavy atom. The highest BCUT2D eigenvalue weighted by atomic mass is 35.5. The van der Waals surface area contributed by atoms with Gasteiger partial charge in [0, 0.05) is 66.8 Å². The molecule has 1 atom stereocenters. The van der Waals surface area contributed by atoms with E-state index in [9.17, 15) is 4.79 Å². The van der Waals surface area contributed by atoms with Crippen LogP contribution < -0.4 is 20.7 Å².